The first-order valence-corrected chi connectivity index (χ1v) is 10.9. The molecule has 0 fully saturated rings. The van der Waals surface area contributed by atoms with Gasteiger partial charge in [0.2, 0.25) is 5.82 Å². The van der Waals surface area contributed by atoms with E-state index in [2.05, 4.69) is 36.0 Å². The Bertz CT molecular complexity index is 1610. The lowest BCUT2D eigenvalue weighted by atomic mass is 10.0. The summed E-state index contributed by atoms with van der Waals surface area (Å²) in [5.41, 5.74) is 5.75. The molecule has 2 heterocycles. The van der Waals surface area contributed by atoms with Gasteiger partial charge in [-0.05, 0) is 73.0 Å². The quantitative estimate of drug-likeness (QED) is 0.311. The maximum absolute atomic E-state index is 13.2. The molecule has 5 rings (SSSR count). The number of benzene rings is 3. The minimum absolute atomic E-state index is 0.139. The molecule has 0 unspecified atom stereocenters. The summed E-state index contributed by atoms with van der Waals surface area (Å²) in [6.45, 7) is 5.79. The smallest absolute Gasteiger partial charge is 0.299 e. The van der Waals surface area contributed by atoms with Crippen LogP contribution < -0.4 is 5.56 Å². The van der Waals surface area contributed by atoms with E-state index in [1.807, 2.05) is 44.2 Å². The maximum atomic E-state index is 13.2. The molecule has 0 saturated heterocycles. The number of aromatic nitrogens is 6. The third-order valence-corrected chi connectivity index (χ3v) is 5.85. The van der Waals surface area contributed by atoms with Gasteiger partial charge in [-0.25, -0.2) is 4.68 Å². The molecule has 0 aliphatic heterocycles. The van der Waals surface area contributed by atoms with Gasteiger partial charge in [-0.2, -0.15) is 5.21 Å². The number of phenolic OH excluding ortho intramolecular Hbond substituents is 1. The summed E-state index contributed by atoms with van der Waals surface area (Å²) in [4.78, 5) is 13.2. The number of aromatic amines is 2. The highest BCUT2D eigenvalue weighted by atomic mass is 16.3. The van der Waals surface area contributed by atoms with Crippen molar-refractivity contribution < 1.29 is 5.11 Å². The van der Waals surface area contributed by atoms with Gasteiger partial charge in [-0.1, -0.05) is 30.3 Å². The van der Waals surface area contributed by atoms with E-state index in [-0.39, 0.29) is 17.0 Å². The van der Waals surface area contributed by atoms with Crippen molar-refractivity contribution in [1.29, 1.82) is 0 Å². The van der Waals surface area contributed by atoms with Crippen molar-refractivity contribution in [2.45, 2.75) is 20.8 Å². The summed E-state index contributed by atoms with van der Waals surface area (Å²) >= 11 is 0. The zero-order valence-electron chi connectivity index (χ0n) is 19.3. The summed E-state index contributed by atoms with van der Waals surface area (Å²) in [5.74, 6) is 0.474. The molecule has 0 saturated carbocycles. The van der Waals surface area contributed by atoms with Gasteiger partial charge in [-0.3, -0.25) is 9.89 Å². The second kappa shape index (κ2) is 8.82. The summed E-state index contributed by atoms with van der Waals surface area (Å²) < 4.78 is 1.45. The van der Waals surface area contributed by atoms with Gasteiger partial charge in [0.05, 0.1) is 22.6 Å². The van der Waals surface area contributed by atoms with Gasteiger partial charge in [0.1, 0.15) is 5.75 Å². The second-order valence-electron chi connectivity index (χ2n) is 8.18. The van der Waals surface area contributed by atoms with Gasteiger partial charge >= 0.3 is 0 Å². The van der Waals surface area contributed by atoms with Crippen LogP contribution in [0.4, 0.5) is 11.4 Å². The standard InChI is InChI=1S/C25H22N8O2/c1-14-8-10-18(12-15(14)2)33-25(35)23(16(3)30-33)27-26-21-13-17(19-6-4-5-7-22(19)34)9-11-20(21)24-28-31-32-29-24/h4-13,30,34H,1-3H3,(H,28,29,31,32). The topological polar surface area (TPSA) is 137 Å². The lowest BCUT2D eigenvalue weighted by molar-refractivity contribution is 0.477. The van der Waals surface area contributed by atoms with Crippen molar-refractivity contribution in [2.24, 2.45) is 10.2 Å². The number of para-hydroxylation sites is 1. The number of hydrogen-bond donors (Lipinski definition) is 3. The first kappa shape index (κ1) is 22.0. The van der Waals surface area contributed by atoms with Gasteiger partial charge < -0.3 is 5.11 Å². The Morgan fingerprint density at radius 1 is 0.914 bits per heavy atom. The molecule has 3 N–H and O–H groups in total. The number of hydrogen-bond acceptors (Lipinski definition) is 7. The molecule has 2 aromatic heterocycles. The Hall–Kier alpha value is -4.86. The first-order valence-electron chi connectivity index (χ1n) is 10.9. The van der Waals surface area contributed by atoms with Crippen LogP contribution in [0.25, 0.3) is 28.2 Å². The molecule has 0 amide bonds. The number of nitrogens with zero attached hydrogens (tertiary/aromatic N) is 6. The molecule has 35 heavy (non-hydrogen) atoms. The number of nitrogens with one attached hydrogen (secondary N) is 2. The van der Waals surface area contributed by atoms with Crippen LogP contribution in [0.1, 0.15) is 16.8 Å². The van der Waals surface area contributed by atoms with E-state index in [0.29, 0.717) is 28.3 Å². The lowest BCUT2D eigenvalue weighted by Gasteiger charge is -2.07. The first-order chi connectivity index (χ1) is 16.9. The molecular formula is C25H22N8O2. The molecule has 3 aromatic carbocycles. The van der Waals surface area contributed by atoms with E-state index < -0.39 is 0 Å². The van der Waals surface area contributed by atoms with E-state index in [9.17, 15) is 9.90 Å². The van der Waals surface area contributed by atoms with Crippen LogP contribution >= 0.6 is 0 Å². The van der Waals surface area contributed by atoms with Crippen LogP contribution in [0.2, 0.25) is 0 Å². The van der Waals surface area contributed by atoms with E-state index in [4.69, 9.17) is 0 Å². The molecule has 0 aliphatic carbocycles. The summed E-state index contributed by atoms with van der Waals surface area (Å²) in [5, 5.41) is 36.2. The van der Waals surface area contributed by atoms with Crippen LogP contribution in [0, 0.1) is 20.8 Å². The third-order valence-electron chi connectivity index (χ3n) is 5.85. The number of rotatable bonds is 5. The van der Waals surface area contributed by atoms with Crippen molar-refractivity contribution in [2.75, 3.05) is 0 Å². The van der Waals surface area contributed by atoms with E-state index in [1.54, 1.807) is 37.3 Å². The van der Waals surface area contributed by atoms with Crippen molar-refractivity contribution in [3.8, 4) is 34.0 Å². The molecule has 0 aliphatic rings. The number of tetrazole rings is 1. The molecule has 10 heteroatoms. The van der Waals surface area contributed by atoms with Crippen molar-refractivity contribution in [1.82, 2.24) is 30.4 Å². The predicted octanol–water partition coefficient (Wildman–Crippen LogP) is 5.06. The minimum atomic E-state index is -0.313. The highest BCUT2D eigenvalue weighted by molar-refractivity contribution is 5.79. The molecule has 174 valence electrons. The maximum Gasteiger partial charge on any atom is 0.299 e. The van der Waals surface area contributed by atoms with Crippen molar-refractivity contribution in [3.05, 3.63) is 87.8 Å². The lowest BCUT2D eigenvalue weighted by Crippen LogP contribution is -2.14. The molecule has 0 spiro atoms. The Balaban J connectivity index is 1.59. The molecular weight excluding hydrogens is 444 g/mol. The largest absolute Gasteiger partial charge is 0.507 e. The normalized spacial score (nSPS) is 11.4. The zero-order chi connectivity index (χ0) is 24.5. The van der Waals surface area contributed by atoms with Gasteiger partial charge in [0.25, 0.3) is 5.56 Å². The van der Waals surface area contributed by atoms with Crippen molar-refractivity contribution in [3.63, 3.8) is 0 Å². The molecule has 0 radical (unpaired) electrons. The fourth-order valence-electron chi connectivity index (χ4n) is 3.77. The van der Waals surface area contributed by atoms with E-state index in [1.165, 1.54) is 4.68 Å². The summed E-state index contributed by atoms with van der Waals surface area (Å²) in [6, 6.07) is 18.2. The highest BCUT2D eigenvalue weighted by Gasteiger charge is 2.15. The Morgan fingerprint density at radius 3 is 2.49 bits per heavy atom. The van der Waals surface area contributed by atoms with Crippen LogP contribution in [0.15, 0.2) is 75.7 Å². The predicted molar refractivity (Wildman–Crippen MR) is 131 cm³/mol. The summed E-state index contributed by atoms with van der Waals surface area (Å²) in [7, 11) is 0. The molecule has 0 bridgehead atoms. The van der Waals surface area contributed by atoms with Crippen LogP contribution in [0.5, 0.6) is 5.75 Å². The Labute approximate surface area is 200 Å². The average Bonchev–Trinajstić information content (AvgIpc) is 3.48. The van der Waals surface area contributed by atoms with Crippen LogP contribution in [0.3, 0.4) is 0 Å². The third kappa shape index (κ3) is 4.12. The SMILES string of the molecule is Cc1ccc(-n2[nH]c(C)c(N=Nc3cc(-c4ccccc4O)ccc3-c3nn[nH]n3)c2=O)cc1C. The van der Waals surface area contributed by atoms with E-state index >= 15 is 0 Å². The minimum Gasteiger partial charge on any atom is -0.507 e. The van der Waals surface area contributed by atoms with Crippen LogP contribution in [-0.4, -0.2) is 35.5 Å². The number of phenols is 1. The zero-order valence-corrected chi connectivity index (χ0v) is 19.3. The van der Waals surface area contributed by atoms with E-state index in [0.717, 1.165) is 22.4 Å². The molecule has 0 atom stereocenters. The highest BCUT2D eigenvalue weighted by Crippen LogP contribution is 2.36. The molecule has 5 aromatic rings. The average molecular weight is 467 g/mol. The van der Waals surface area contributed by atoms with Gasteiger partial charge in [-0.15, -0.1) is 20.4 Å². The monoisotopic (exact) mass is 466 g/mol. The molecule has 10 nitrogen and oxygen atoms in total. The van der Waals surface area contributed by atoms with Crippen LogP contribution in [-0.2, 0) is 0 Å². The van der Waals surface area contributed by atoms with Gasteiger partial charge in [0.15, 0.2) is 5.69 Å². The number of aromatic hydroxyl groups is 1. The second-order valence-corrected chi connectivity index (χ2v) is 8.18. The Kier molecular flexibility index (Phi) is 5.54. The summed E-state index contributed by atoms with van der Waals surface area (Å²) in [6.07, 6.45) is 0. The number of aryl methyl sites for hydroxylation is 3. The number of H-pyrrole nitrogens is 2. The van der Waals surface area contributed by atoms with Gasteiger partial charge in [0, 0.05) is 5.56 Å². The van der Waals surface area contributed by atoms with Crippen molar-refractivity contribution >= 4 is 11.4 Å². The fourth-order valence-corrected chi connectivity index (χ4v) is 3.77. The fraction of sp³-hybridized carbons (Fsp3) is 0.120. The number of azo groups is 1. The Morgan fingerprint density at radius 2 is 1.74 bits per heavy atom.